The molecule has 0 bridgehead atoms. The van der Waals surface area contributed by atoms with E-state index < -0.39 is 11.6 Å². The van der Waals surface area contributed by atoms with Crippen LogP contribution in [-0.2, 0) is 6.42 Å². The Balaban J connectivity index is 0.000000980. The topological polar surface area (TPSA) is 35.2 Å². The largest absolute Gasteiger partial charge is 0.489 e. The highest BCUT2D eigenvalue weighted by Gasteiger charge is 2.20. The van der Waals surface area contributed by atoms with Crippen molar-refractivity contribution in [2.75, 3.05) is 6.61 Å². The van der Waals surface area contributed by atoms with Gasteiger partial charge in [0.1, 0.15) is 12.4 Å². The van der Waals surface area contributed by atoms with Gasteiger partial charge in [-0.15, -0.1) is 12.4 Å². The number of rotatable bonds is 0. The number of nitrogens with two attached hydrogens (primary N) is 1. The van der Waals surface area contributed by atoms with E-state index in [0.717, 1.165) is 6.07 Å². The monoisotopic (exact) mass is 221 g/mol. The minimum absolute atomic E-state index is 0. The highest BCUT2D eigenvalue weighted by molar-refractivity contribution is 5.85. The first-order chi connectivity index (χ1) is 6.16. The molecule has 78 valence electrons. The molecule has 0 saturated heterocycles. The molecule has 1 heterocycles. The van der Waals surface area contributed by atoms with E-state index in [0.29, 0.717) is 12.0 Å². The van der Waals surface area contributed by atoms with Gasteiger partial charge in [0.15, 0.2) is 11.6 Å². The molecule has 1 aromatic rings. The van der Waals surface area contributed by atoms with Crippen molar-refractivity contribution in [2.24, 2.45) is 5.73 Å². The molecular formula is C9H10ClF2NO. The van der Waals surface area contributed by atoms with E-state index in [9.17, 15) is 8.78 Å². The molecule has 0 amide bonds. The lowest BCUT2D eigenvalue weighted by Crippen LogP contribution is -2.34. The molecule has 1 aliphatic heterocycles. The van der Waals surface area contributed by atoms with Crippen LogP contribution in [0.2, 0.25) is 0 Å². The molecule has 0 aliphatic carbocycles. The zero-order chi connectivity index (χ0) is 9.42. The molecule has 1 aromatic carbocycles. The third kappa shape index (κ3) is 1.96. The lowest BCUT2D eigenvalue weighted by molar-refractivity contribution is 0.249. The van der Waals surface area contributed by atoms with Crippen molar-refractivity contribution in [3.05, 3.63) is 29.3 Å². The second kappa shape index (κ2) is 4.11. The van der Waals surface area contributed by atoms with Gasteiger partial charge in [-0.05, 0) is 12.5 Å². The maximum atomic E-state index is 13.1. The summed E-state index contributed by atoms with van der Waals surface area (Å²) >= 11 is 0. The average molecular weight is 222 g/mol. The van der Waals surface area contributed by atoms with Crippen molar-refractivity contribution in [3.63, 3.8) is 0 Å². The van der Waals surface area contributed by atoms with Crippen molar-refractivity contribution >= 4 is 12.4 Å². The third-order valence-electron chi connectivity index (χ3n) is 2.01. The third-order valence-corrected chi connectivity index (χ3v) is 2.01. The first kappa shape index (κ1) is 11.2. The Morgan fingerprint density at radius 3 is 2.79 bits per heavy atom. The first-order valence-corrected chi connectivity index (χ1v) is 4.03. The number of halogens is 3. The smallest absolute Gasteiger partial charge is 0.168 e. The number of hydrogen-bond donors (Lipinski definition) is 1. The zero-order valence-electron chi connectivity index (χ0n) is 7.30. The fraction of sp³-hybridized carbons (Fsp3) is 0.333. The summed E-state index contributed by atoms with van der Waals surface area (Å²) in [5, 5.41) is 0. The fourth-order valence-electron chi connectivity index (χ4n) is 1.46. The molecule has 1 atom stereocenters. The van der Waals surface area contributed by atoms with Gasteiger partial charge in [0, 0.05) is 17.7 Å². The lowest BCUT2D eigenvalue weighted by atomic mass is 10.0. The molecule has 0 fully saturated rings. The van der Waals surface area contributed by atoms with Gasteiger partial charge in [0.25, 0.3) is 0 Å². The van der Waals surface area contributed by atoms with E-state index in [1.165, 1.54) is 6.07 Å². The van der Waals surface area contributed by atoms with E-state index in [-0.39, 0.29) is 30.8 Å². The highest BCUT2D eigenvalue weighted by atomic mass is 35.5. The molecule has 1 aliphatic rings. The van der Waals surface area contributed by atoms with Crippen molar-refractivity contribution in [1.82, 2.24) is 0 Å². The predicted octanol–water partition coefficient (Wildman–Crippen LogP) is 1.65. The number of fused-ring (bicyclic) bond motifs is 1. The highest BCUT2D eigenvalue weighted by Crippen LogP contribution is 2.28. The van der Waals surface area contributed by atoms with E-state index in [1.807, 2.05) is 0 Å². The molecule has 0 radical (unpaired) electrons. The van der Waals surface area contributed by atoms with Crippen molar-refractivity contribution < 1.29 is 13.5 Å². The Morgan fingerprint density at radius 1 is 1.36 bits per heavy atom. The van der Waals surface area contributed by atoms with Gasteiger partial charge in [-0.25, -0.2) is 8.78 Å². The fourth-order valence-corrected chi connectivity index (χ4v) is 1.46. The summed E-state index contributed by atoms with van der Waals surface area (Å²) in [7, 11) is 0. The van der Waals surface area contributed by atoms with Gasteiger partial charge in [0.05, 0.1) is 0 Å². The quantitative estimate of drug-likeness (QED) is 0.723. The van der Waals surface area contributed by atoms with Crippen LogP contribution in [-0.4, -0.2) is 12.6 Å². The second-order valence-corrected chi connectivity index (χ2v) is 3.15. The van der Waals surface area contributed by atoms with Crippen LogP contribution in [0, 0.1) is 11.6 Å². The minimum Gasteiger partial charge on any atom is -0.489 e. The summed E-state index contributed by atoms with van der Waals surface area (Å²) in [6.45, 7) is 0.287. The number of ether oxygens (including phenoxy) is 1. The molecule has 5 heteroatoms. The summed E-state index contributed by atoms with van der Waals surface area (Å²) < 4.78 is 30.9. The molecule has 2 N–H and O–H groups in total. The molecule has 0 unspecified atom stereocenters. The van der Waals surface area contributed by atoms with Gasteiger partial charge in [-0.1, -0.05) is 0 Å². The van der Waals surface area contributed by atoms with Gasteiger partial charge >= 0.3 is 0 Å². The van der Waals surface area contributed by atoms with Gasteiger partial charge in [-0.3, -0.25) is 0 Å². The Labute approximate surface area is 86.5 Å². The van der Waals surface area contributed by atoms with E-state index >= 15 is 0 Å². The Bertz CT molecular complexity index is 346. The van der Waals surface area contributed by atoms with E-state index in [2.05, 4.69) is 0 Å². The maximum absolute atomic E-state index is 13.1. The number of benzene rings is 1. The summed E-state index contributed by atoms with van der Waals surface area (Å²) in [5.74, 6) is -1.10. The Kier molecular flexibility index (Phi) is 3.29. The van der Waals surface area contributed by atoms with Crippen LogP contribution >= 0.6 is 12.4 Å². The summed E-state index contributed by atoms with van der Waals surface area (Å²) in [5.41, 5.74) is 6.09. The summed E-state index contributed by atoms with van der Waals surface area (Å²) in [6.07, 6.45) is 0.462. The molecular weight excluding hydrogens is 212 g/mol. The van der Waals surface area contributed by atoms with E-state index in [1.54, 1.807) is 0 Å². The second-order valence-electron chi connectivity index (χ2n) is 3.15. The van der Waals surface area contributed by atoms with Gasteiger partial charge < -0.3 is 10.5 Å². The van der Waals surface area contributed by atoms with Crippen LogP contribution in [0.15, 0.2) is 12.1 Å². The standard InChI is InChI=1S/C9H9F2NO.ClH/c10-6-1-5-2-7(12)4-13-9(5)8(11)3-6;/h1,3,7H,2,4,12H2;1H/t7-;/m0./s1. The lowest BCUT2D eigenvalue weighted by Gasteiger charge is -2.22. The van der Waals surface area contributed by atoms with Crippen LogP contribution in [0.5, 0.6) is 5.75 Å². The summed E-state index contributed by atoms with van der Waals surface area (Å²) in [6, 6.07) is 1.90. The van der Waals surface area contributed by atoms with Crippen LogP contribution < -0.4 is 10.5 Å². The number of hydrogen-bond acceptors (Lipinski definition) is 2. The molecule has 0 aromatic heterocycles. The van der Waals surface area contributed by atoms with Crippen molar-refractivity contribution in [2.45, 2.75) is 12.5 Å². The predicted molar refractivity (Wildman–Crippen MR) is 50.8 cm³/mol. The summed E-state index contributed by atoms with van der Waals surface area (Å²) in [4.78, 5) is 0. The van der Waals surface area contributed by atoms with Gasteiger partial charge in [-0.2, -0.15) is 0 Å². The minimum atomic E-state index is -0.651. The van der Waals surface area contributed by atoms with Crippen LogP contribution in [0.4, 0.5) is 8.78 Å². The molecule has 2 nitrogen and oxygen atoms in total. The normalized spacial score (nSPS) is 19.2. The molecule has 0 saturated carbocycles. The maximum Gasteiger partial charge on any atom is 0.168 e. The molecule has 0 spiro atoms. The first-order valence-electron chi connectivity index (χ1n) is 4.03. The average Bonchev–Trinajstić information content (AvgIpc) is 2.02. The van der Waals surface area contributed by atoms with Crippen molar-refractivity contribution in [1.29, 1.82) is 0 Å². The van der Waals surface area contributed by atoms with Crippen LogP contribution in [0.3, 0.4) is 0 Å². The van der Waals surface area contributed by atoms with Crippen molar-refractivity contribution in [3.8, 4) is 5.75 Å². The van der Waals surface area contributed by atoms with Crippen LogP contribution in [0.25, 0.3) is 0 Å². The molecule has 14 heavy (non-hydrogen) atoms. The zero-order valence-corrected chi connectivity index (χ0v) is 8.11. The Morgan fingerprint density at radius 2 is 2.07 bits per heavy atom. The van der Waals surface area contributed by atoms with Gasteiger partial charge in [0.2, 0.25) is 0 Å². The Hall–Kier alpha value is -0.870. The molecule has 2 rings (SSSR count). The van der Waals surface area contributed by atoms with E-state index in [4.69, 9.17) is 10.5 Å². The SMILES string of the molecule is Cl.N[C@@H]1COc2c(F)cc(F)cc2C1. The van der Waals surface area contributed by atoms with Crippen LogP contribution in [0.1, 0.15) is 5.56 Å².